The van der Waals surface area contributed by atoms with E-state index in [-0.39, 0.29) is 11.9 Å². The lowest BCUT2D eigenvalue weighted by Crippen LogP contribution is -2.01. The summed E-state index contributed by atoms with van der Waals surface area (Å²) in [6.45, 7) is 0. The normalized spacial score (nSPS) is 10.9. The van der Waals surface area contributed by atoms with Gasteiger partial charge in [-0.15, -0.1) is 0 Å². The van der Waals surface area contributed by atoms with Crippen molar-refractivity contribution in [3.63, 3.8) is 0 Å². The van der Waals surface area contributed by atoms with E-state index in [1.165, 1.54) is 14.2 Å². The van der Waals surface area contributed by atoms with Gasteiger partial charge in [0.2, 0.25) is 0 Å². The Morgan fingerprint density at radius 3 is 1.15 bits per heavy atom. The first-order chi connectivity index (χ1) is 23.6. The van der Waals surface area contributed by atoms with Gasteiger partial charge in [0.25, 0.3) is 0 Å². The summed E-state index contributed by atoms with van der Waals surface area (Å²) in [5.74, 6) is -0.635. The summed E-state index contributed by atoms with van der Waals surface area (Å²) in [6, 6.07) is 52.9. The molecule has 0 saturated carbocycles. The highest BCUT2D eigenvalue weighted by atomic mass is 16.5. The van der Waals surface area contributed by atoms with Crippen LogP contribution in [0.3, 0.4) is 0 Å². The molecule has 8 rings (SSSR count). The molecule has 0 N–H and O–H groups in total. The molecule has 232 valence electrons. The van der Waals surface area contributed by atoms with Gasteiger partial charge in [0, 0.05) is 0 Å². The van der Waals surface area contributed by atoms with Gasteiger partial charge < -0.3 is 9.47 Å². The Bertz CT molecular complexity index is 2270. The van der Waals surface area contributed by atoms with E-state index in [2.05, 4.69) is 72.8 Å². The molecule has 0 atom stereocenters. The monoisotopic (exact) mass is 624 g/mol. The van der Waals surface area contributed by atoms with Crippen LogP contribution in [0.5, 0.6) is 0 Å². The summed E-state index contributed by atoms with van der Waals surface area (Å²) in [4.78, 5) is 24.3. The third-order valence-electron chi connectivity index (χ3n) is 8.73. The predicted molar refractivity (Wildman–Crippen MR) is 196 cm³/mol. The summed E-state index contributed by atoms with van der Waals surface area (Å²) in [5, 5.41) is 8.98. The maximum atomic E-state index is 12.2. The standard InChI is InChI=1S/2C22H16O2/c2*1-24-22(23)17-13-20(15-7-3-2-4-8-15)19-12-11-16-9-5-6-10-18(16)21(19)14-17/h2*2-14H,1H3. The molecule has 8 aromatic rings. The number of methoxy groups -OCH3 is 2. The number of carbonyl (C=O) groups excluding carboxylic acids is 2. The molecular formula is C44H32O4. The molecule has 0 aromatic heterocycles. The number of hydrogen-bond donors (Lipinski definition) is 0. The number of esters is 2. The minimum absolute atomic E-state index is 0.318. The van der Waals surface area contributed by atoms with Crippen LogP contribution in [0.15, 0.2) is 158 Å². The van der Waals surface area contributed by atoms with Gasteiger partial charge in [0.05, 0.1) is 25.3 Å². The summed E-state index contributed by atoms with van der Waals surface area (Å²) in [6.07, 6.45) is 0. The van der Waals surface area contributed by atoms with Crippen LogP contribution in [-0.2, 0) is 9.47 Å². The lowest BCUT2D eigenvalue weighted by atomic mass is 9.92. The molecular weight excluding hydrogens is 592 g/mol. The fraction of sp³-hybridized carbons (Fsp3) is 0.0455. The van der Waals surface area contributed by atoms with Crippen LogP contribution in [0.4, 0.5) is 0 Å². The van der Waals surface area contributed by atoms with Gasteiger partial charge in [-0.3, -0.25) is 0 Å². The number of benzene rings is 8. The zero-order valence-electron chi connectivity index (χ0n) is 26.6. The zero-order chi connectivity index (χ0) is 33.0. The lowest BCUT2D eigenvalue weighted by molar-refractivity contribution is 0.0592. The molecule has 0 saturated heterocycles. The van der Waals surface area contributed by atoms with Crippen LogP contribution in [0, 0.1) is 0 Å². The maximum Gasteiger partial charge on any atom is 0.337 e. The van der Waals surface area contributed by atoms with Crippen molar-refractivity contribution in [3.8, 4) is 22.3 Å². The molecule has 48 heavy (non-hydrogen) atoms. The fourth-order valence-electron chi connectivity index (χ4n) is 6.42. The van der Waals surface area contributed by atoms with Gasteiger partial charge in [-0.2, -0.15) is 0 Å². The Morgan fingerprint density at radius 1 is 0.375 bits per heavy atom. The topological polar surface area (TPSA) is 52.6 Å². The second kappa shape index (κ2) is 13.2. The minimum atomic E-state index is -0.318. The van der Waals surface area contributed by atoms with Gasteiger partial charge in [-0.25, -0.2) is 9.59 Å². The van der Waals surface area contributed by atoms with Crippen molar-refractivity contribution in [2.75, 3.05) is 14.2 Å². The molecule has 0 aliphatic rings. The Morgan fingerprint density at radius 2 is 0.750 bits per heavy atom. The first-order valence-corrected chi connectivity index (χ1v) is 15.7. The molecule has 8 aromatic carbocycles. The van der Waals surface area contributed by atoms with Crippen LogP contribution in [0.1, 0.15) is 20.7 Å². The fourth-order valence-corrected chi connectivity index (χ4v) is 6.42. The van der Waals surface area contributed by atoms with Crippen LogP contribution in [-0.4, -0.2) is 26.2 Å². The van der Waals surface area contributed by atoms with Crippen molar-refractivity contribution < 1.29 is 19.1 Å². The Balaban J connectivity index is 0.000000152. The van der Waals surface area contributed by atoms with Gasteiger partial charge in [0.1, 0.15) is 0 Å². The Kier molecular flexibility index (Phi) is 8.38. The molecule has 0 unspecified atom stereocenters. The van der Waals surface area contributed by atoms with Crippen LogP contribution < -0.4 is 0 Å². The summed E-state index contributed by atoms with van der Waals surface area (Å²) >= 11 is 0. The van der Waals surface area contributed by atoms with E-state index in [4.69, 9.17) is 9.47 Å². The number of ether oxygens (including phenoxy) is 2. The SMILES string of the molecule is COC(=O)c1cc(-c2ccccc2)c2ccc3ccccc3c2c1.COC(=O)c1cc(-c2ccccc2)c2ccc3ccccc3c2c1. The van der Waals surface area contributed by atoms with Crippen molar-refractivity contribution >= 4 is 55.0 Å². The number of carbonyl (C=O) groups is 2. The van der Waals surface area contributed by atoms with E-state index in [1.54, 1.807) is 0 Å². The predicted octanol–water partition coefficient (Wildman–Crippen LogP) is 10.9. The van der Waals surface area contributed by atoms with E-state index in [1.807, 2.05) is 84.9 Å². The summed E-state index contributed by atoms with van der Waals surface area (Å²) in [7, 11) is 2.83. The van der Waals surface area contributed by atoms with Crippen LogP contribution in [0.2, 0.25) is 0 Å². The number of rotatable bonds is 4. The van der Waals surface area contributed by atoms with Gasteiger partial charge >= 0.3 is 11.9 Å². The molecule has 0 heterocycles. The van der Waals surface area contributed by atoms with E-state index < -0.39 is 0 Å². The second-order valence-electron chi connectivity index (χ2n) is 11.5. The average Bonchev–Trinajstić information content (AvgIpc) is 3.17. The maximum absolute atomic E-state index is 12.2. The molecule has 4 heteroatoms. The van der Waals surface area contributed by atoms with E-state index >= 15 is 0 Å². The van der Waals surface area contributed by atoms with Gasteiger partial charge in [-0.05, 0) is 89.6 Å². The van der Waals surface area contributed by atoms with Crippen molar-refractivity contribution in [1.29, 1.82) is 0 Å². The van der Waals surface area contributed by atoms with Gasteiger partial charge in [0.15, 0.2) is 0 Å². The molecule has 0 aliphatic carbocycles. The molecule has 0 radical (unpaired) electrons. The lowest BCUT2D eigenvalue weighted by Gasteiger charge is -2.12. The minimum Gasteiger partial charge on any atom is -0.465 e. The van der Waals surface area contributed by atoms with Crippen molar-refractivity contribution in [2.45, 2.75) is 0 Å². The highest BCUT2D eigenvalue weighted by Crippen LogP contribution is 2.36. The second-order valence-corrected chi connectivity index (χ2v) is 11.5. The van der Waals surface area contributed by atoms with Gasteiger partial charge in [-0.1, -0.05) is 133 Å². The van der Waals surface area contributed by atoms with Crippen LogP contribution >= 0.6 is 0 Å². The largest absolute Gasteiger partial charge is 0.465 e. The highest BCUT2D eigenvalue weighted by Gasteiger charge is 2.15. The molecule has 4 nitrogen and oxygen atoms in total. The summed E-state index contributed by atoms with van der Waals surface area (Å²) in [5.41, 5.74) is 5.39. The molecule has 0 spiro atoms. The first-order valence-electron chi connectivity index (χ1n) is 15.7. The Hall–Kier alpha value is -6.26. The van der Waals surface area contributed by atoms with Crippen molar-refractivity contribution in [3.05, 3.63) is 169 Å². The molecule has 0 amide bonds. The third-order valence-corrected chi connectivity index (χ3v) is 8.73. The quantitative estimate of drug-likeness (QED) is 0.144. The van der Waals surface area contributed by atoms with E-state index in [0.29, 0.717) is 11.1 Å². The smallest absolute Gasteiger partial charge is 0.337 e. The zero-order valence-corrected chi connectivity index (χ0v) is 26.6. The van der Waals surface area contributed by atoms with Crippen LogP contribution in [0.25, 0.3) is 65.3 Å². The first kappa shape index (κ1) is 30.4. The molecule has 0 fully saturated rings. The van der Waals surface area contributed by atoms with Crippen molar-refractivity contribution in [1.82, 2.24) is 0 Å². The number of fused-ring (bicyclic) bond motifs is 6. The highest BCUT2D eigenvalue weighted by molar-refractivity contribution is 6.15. The third kappa shape index (κ3) is 5.76. The average molecular weight is 625 g/mol. The van der Waals surface area contributed by atoms with Crippen molar-refractivity contribution in [2.24, 2.45) is 0 Å². The van der Waals surface area contributed by atoms with E-state index in [0.717, 1.165) is 65.3 Å². The summed E-state index contributed by atoms with van der Waals surface area (Å²) < 4.78 is 9.90. The van der Waals surface area contributed by atoms with E-state index in [9.17, 15) is 9.59 Å². The molecule has 0 aliphatic heterocycles. The molecule has 0 bridgehead atoms. The Labute approximate surface area is 278 Å². The number of hydrogen-bond acceptors (Lipinski definition) is 4.